The number of nitrogens with zero attached hydrogens (tertiary/aromatic N) is 2. The van der Waals surface area contributed by atoms with Gasteiger partial charge in [-0.25, -0.2) is 0 Å². The molecule has 6 heteroatoms. The summed E-state index contributed by atoms with van der Waals surface area (Å²) >= 11 is 0. The number of aromatic amines is 1. The summed E-state index contributed by atoms with van der Waals surface area (Å²) in [5.41, 5.74) is 2.87. The smallest absolute Gasteiger partial charge is 0.193 e. The SMILES string of the molecule is CN=C(NCCCc1cc2c(OC)cc(OC)cc2[nH]1)N1CCC2(CCC2)C1. The standard InChI is InChI=1S/C22H32N4O2/c1-23-21(26-11-9-22(15-26)7-5-8-22)24-10-4-6-16-12-18-19(25-16)13-17(27-2)14-20(18)28-3/h12-14,25H,4-11,15H2,1-3H3,(H,23,24). The van der Waals surface area contributed by atoms with E-state index in [-0.39, 0.29) is 0 Å². The van der Waals surface area contributed by atoms with Gasteiger partial charge < -0.3 is 24.7 Å². The van der Waals surface area contributed by atoms with E-state index < -0.39 is 0 Å². The first-order valence-electron chi connectivity index (χ1n) is 10.4. The molecule has 2 heterocycles. The van der Waals surface area contributed by atoms with Gasteiger partial charge in [-0.2, -0.15) is 0 Å². The van der Waals surface area contributed by atoms with Crippen molar-refractivity contribution < 1.29 is 9.47 Å². The van der Waals surface area contributed by atoms with E-state index in [1.54, 1.807) is 14.2 Å². The number of nitrogens with one attached hydrogen (secondary N) is 2. The molecule has 1 saturated carbocycles. The van der Waals surface area contributed by atoms with Crippen LogP contribution in [0.1, 0.15) is 37.8 Å². The Balaban J connectivity index is 1.31. The molecular formula is C22H32N4O2. The van der Waals surface area contributed by atoms with Crippen LogP contribution in [0.2, 0.25) is 0 Å². The predicted molar refractivity (Wildman–Crippen MR) is 114 cm³/mol. The van der Waals surface area contributed by atoms with Gasteiger partial charge in [0.15, 0.2) is 5.96 Å². The van der Waals surface area contributed by atoms with Crippen molar-refractivity contribution in [3.63, 3.8) is 0 Å². The molecule has 1 spiro atoms. The summed E-state index contributed by atoms with van der Waals surface area (Å²) in [6.45, 7) is 3.24. The highest BCUT2D eigenvalue weighted by molar-refractivity contribution is 5.88. The van der Waals surface area contributed by atoms with Gasteiger partial charge in [0.05, 0.1) is 19.7 Å². The van der Waals surface area contributed by atoms with E-state index >= 15 is 0 Å². The van der Waals surface area contributed by atoms with Gasteiger partial charge in [0.25, 0.3) is 0 Å². The van der Waals surface area contributed by atoms with Crippen LogP contribution < -0.4 is 14.8 Å². The van der Waals surface area contributed by atoms with E-state index in [1.807, 2.05) is 19.2 Å². The number of rotatable bonds is 6. The zero-order chi connectivity index (χ0) is 19.6. The van der Waals surface area contributed by atoms with Crippen LogP contribution in [0, 0.1) is 5.41 Å². The van der Waals surface area contributed by atoms with Crippen LogP contribution in [-0.2, 0) is 6.42 Å². The quantitative estimate of drug-likeness (QED) is 0.454. The second kappa shape index (κ2) is 7.94. The summed E-state index contributed by atoms with van der Waals surface area (Å²) in [5.74, 6) is 2.71. The van der Waals surface area contributed by atoms with Gasteiger partial charge in [0, 0.05) is 49.9 Å². The Kier molecular flexibility index (Phi) is 5.38. The number of aliphatic imine (C=N–C) groups is 1. The van der Waals surface area contributed by atoms with Crippen LogP contribution in [-0.4, -0.2) is 56.7 Å². The molecule has 2 N–H and O–H groups in total. The largest absolute Gasteiger partial charge is 0.497 e. The molecule has 6 nitrogen and oxygen atoms in total. The third-order valence-electron chi connectivity index (χ3n) is 6.45. The first-order chi connectivity index (χ1) is 13.7. The molecular weight excluding hydrogens is 352 g/mol. The maximum atomic E-state index is 5.51. The number of H-pyrrole nitrogens is 1. The number of hydrogen-bond donors (Lipinski definition) is 2. The molecule has 1 aromatic heterocycles. The molecule has 0 unspecified atom stereocenters. The van der Waals surface area contributed by atoms with Crippen LogP contribution in [0.5, 0.6) is 11.5 Å². The van der Waals surface area contributed by atoms with E-state index in [1.165, 1.54) is 37.9 Å². The molecule has 0 atom stereocenters. The van der Waals surface area contributed by atoms with Gasteiger partial charge in [-0.05, 0) is 43.6 Å². The van der Waals surface area contributed by atoms with Crippen LogP contribution in [0.4, 0.5) is 0 Å². The Hall–Kier alpha value is -2.37. The Bertz CT molecular complexity index is 854. The first kappa shape index (κ1) is 19.0. The van der Waals surface area contributed by atoms with E-state index in [9.17, 15) is 0 Å². The highest BCUT2D eigenvalue weighted by atomic mass is 16.5. The second-order valence-electron chi connectivity index (χ2n) is 8.19. The summed E-state index contributed by atoms with van der Waals surface area (Å²) in [7, 11) is 5.27. The molecule has 28 heavy (non-hydrogen) atoms. The fourth-order valence-electron chi connectivity index (χ4n) is 4.67. The van der Waals surface area contributed by atoms with Crippen LogP contribution in [0.15, 0.2) is 23.2 Å². The minimum absolute atomic E-state index is 0.599. The molecule has 0 bridgehead atoms. The molecule has 0 radical (unpaired) electrons. The fourth-order valence-corrected chi connectivity index (χ4v) is 4.67. The topological polar surface area (TPSA) is 61.9 Å². The van der Waals surface area contributed by atoms with Crippen molar-refractivity contribution >= 4 is 16.9 Å². The lowest BCUT2D eigenvalue weighted by atomic mass is 9.68. The van der Waals surface area contributed by atoms with Gasteiger partial charge in [0.2, 0.25) is 0 Å². The molecule has 1 aliphatic carbocycles. The average Bonchev–Trinajstić information content (AvgIpc) is 3.31. The minimum Gasteiger partial charge on any atom is -0.497 e. The molecule has 1 aromatic carbocycles. The van der Waals surface area contributed by atoms with Gasteiger partial charge in [-0.3, -0.25) is 4.99 Å². The van der Waals surface area contributed by atoms with Crippen molar-refractivity contribution in [3.8, 4) is 11.5 Å². The Morgan fingerprint density at radius 1 is 1.21 bits per heavy atom. The molecule has 1 saturated heterocycles. The van der Waals surface area contributed by atoms with Crippen molar-refractivity contribution in [3.05, 3.63) is 23.9 Å². The minimum atomic E-state index is 0.599. The van der Waals surface area contributed by atoms with E-state index in [0.717, 1.165) is 54.3 Å². The molecule has 4 rings (SSSR count). The van der Waals surface area contributed by atoms with Gasteiger partial charge >= 0.3 is 0 Å². The zero-order valence-electron chi connectivity index (χ0n) is 17.3. The number of aryl methyl sites for hydroxylation is 1. The molecule has 1 aliphatic heterocycles. The maximum absolute atomic E-state index is 5.51. The number of benzene rings is 1. The molecule has 0 amide bonds. The number of hydrogen-bond acceptors (Lipinski definition) is 3. The molecule has 2 aromatic rings. The predicted octanol–water partition coefficient (Wildman–Crippen LogP) is 3.57. The summed E-state index contributed by atoms with van der Waals surface area (Å²) in [5, 5.41) is 4.66. The highest BCUT2D eigenvalue weighted by Gasteiger charge is 2.43. The summed E-state index contributed by atoms with van der Waals surface area (Å²) < 4.78 is 10.9. The monoisotopic (exact) mass is 384 g/mol. The van der Waals surface area contributed by atoms with Gasteiger partial charge in [-0.1, -0.05) is 6.42 Å². The van der Waals surface area contributed by atoms with Crippen molar-refractivity contribution in [2.75, 3.05) is 40.9 Å². The Morgan fingerprint density at radius 2 is 2.07 bits per heavy atom. The second-order valence-corrected chi connectivity index (χ2v) is 8.19. The molecule has 152 valence electrons. The number of ether oxygens (including phenoxy) is 2. The number of aromatic nitrogens is 1. The van der Waals surface area contributed by atoms with E-state index in [0.29, 0.717) is 5.41 Å². The van der Waals surface area contributed by atoms with Crippen molar-refractivity contribution in [1.29, 1.82) is 0 Å². The average molecular weight is 385 g/mol. The van der Waals surface area contributed by atoms with Crippen LogP contribution >= 0.6 is 0 Å². The Labute approximate surface area is 167 Å². The van der Waals surface area contributed by atoms with Crippen LogP contribution in [0.3, 0.4) is 0 Å². The van der Waals surface area contributed by atoms with Crippen molar-refractivity contribution in [2.45, 2.75) is 38.5 Å². The number of guanidine groups is 1. The normalized spacial score (nSPS) is 18.5. The van der Waals surface area contributed by atoms with E-state index in [4.69, 9.17) is 9.47 Å². The molecule has 2 aliphatic rings. The van der Waals surface area contributed by atoms with Crippen molar-refractivity contribution in [2.24, 2.45) is 10.4 Å². The summed E-state index contributed by atoms with van der Waals surface area (Å²) in [4.78, 5) is 10.5. The highest BCUT2D eigenvalue weighted by Crippen LogP contribution is 2.47. The summed E-state index contributed by atoms with van der Waals surface area (Å²) in [6.07, 6.45) is 7.55. The zero-order valence-corrected chi connectivity index (χ0v) is 17.3. The Morgan fingerprint density at radius 3 is 2.71 bits per heavy atom. The number of methoxy groups -OCH3 is 2. The third kappa shape index (κ3) is 3.64. The maximum Gasteiger partial charge on any atom is 0.193 e. The van der Waals surface area contributed by atoms with Gasteiger partial charge in [-0.15, -0.1) is 0 Å². The third-order valence-corrected chi connectivity index (χ3v) is 6.45. The number of fused-ring (bicyclic) bond motifs is 1. The molecule has 2 fully saturated rings. The van der Waals surface area contributed by atoms with Crippen LogP contribution in [0.25, 0.3) is 10.9 Å². The fraction of sp³-hybridized carbons (Fsp3) is 0.591. The van der Waals surface area contributed by atoms with Crippen molar-refractivity contribution in [1.82, 2.24) is 15.2 Å². The van der Waals surface area contributed by atoms with Gasteiger partial charge in [0.1, 0.15) is 11.5 Å². The van der Waals surface area contributed by atoms with E-state index in [2.05, 4.69) is 26.3 Å². The first-order valence-corrected chi connectivity index (χ1v) is 10.4. The number of likely N-dealkylation sites (tertiary alicyclic amines) is 1. The lowest BCUT2D eigenvalue weighted by molar-refractivity contribution is 0.151. The summed E-state index contributed by atoms with van der Waals surface area (Å²) in [6, 6.07) is 6.13. The lowest BCUT2D eigenvalue weighted by Gasteiger charge is -2.38. The lowest BCUT2D eigenvalue weighted by Crippen LogP contribution is -2.42.